The van der Waals surface area contributed by atoms with E-state index in [0.29, 0.717) is 25.0 Å². The zero-order chi connectivity index (χ0) is 20.1. The van der Waals surface area contributed by atoms with Crippen LogP contribution in [0, 0.1) is 12.8 Å². The van der Waals surface area contributed by atoms with Crippen molar-refractivity contribution in [3.05, 3.63) is 65.2 Å². The number of fused-ring (bicyclic) bond motifs is 1. The summed E-state index contributed by atoms with van der Waals surface area (Å²) in [4.78, 5) is 25.8. The molecule has 0 bridgehead atoms. The smallest absolute Gasteiger partial charge is 0.252 e. The highest BCUT2D eigenvalue weighted by Gasteiger charge is 2.28. The summed E-state index contributed by atoms with van der Waals surface area (Å²) >= 11 is 0. The van der Waals surface area contributed by atoms with Crippen LogP contribution in [-0.2, 0) is 4.79 Å². The molecule has 0 spiro atoms. The first-order valence-electron chi connectivity index (χ1n) is 9.84. The van der Waals surface area contributed by atoms with Gasteiger partial charge in [-0.2, -0.15) is 0 Å². The van der Waals surface area contributed by atoms with Crippen molar-refractivity contribution in [2.75, 3.05) is 6.61 Å². The highest BCUT2D eigenvalue weighted by Crippen LogP contribution is 2.31. The van der Waals surface area contributed by atoms with Gasteiger partial charge in [-0.1, -0.05) is 50.2 Å². The number of ether oxygens (including phenoxy) is 1. The number of carbonyl (C=O) groups excluding carboxylic acids is 2. The fourth-order valence-electron chi connectivity index (χ4n) is 3.53. The minimum atomic E-state index is -0.581. The Kier molecular flexibility index (Phi) is 6.34. The minimum Gasteiger partial charge on any atom is -0.493 e. The van der Waals surface area contributed by atoms with E-state index in [1.807, 2.05) is 63.2 Å². The Hall–Kier alpha value is -2.82. The Bertz CT molecular complexity index is 847. The fourth-order valence-corrected chi connectivity index (χ4v) is 3.53. The predicted octanol–water partition coefficient (Wildman–Crippen LogP) is 3.78. The topological polar surface area (TPSA) is 67.4 Å². The average molecular weight is 380 g/mol. The summed E-state index contributed by atoms with van der Waals surface area (Å²) in [5, 5.41) is 6.05. The van der Waals surface area contributed by atoms with E-state index >= 15 is 0 Å². The number of hydrogen-bond donors (Lipinski definition) is 2. The molecule has 2 atom stereocenters. The summed E-state index contributed by atoms with van der Waals surface area (Å²) < 4.78 is 5.67. The molecule has 0 aromatic heterocycles. The van der Waals surface area contributed by atoms with E-state index in [0.717, 1.165) is 16.9 Å². The van der Waals surface area contributed by atoms with E-state index in [4.69, 9.17) is 4.74 Å². The van der Waals surface area contributed by atoms with Crippen LogP contribution in [0.2, 0.25) is 0 Å². The SMILES string of the molecule is Cc1ccccc1C(=O)N[C@H](CC(C)C)C(=O)N[C@H]1CCOc2ccccc21. The number of rotatable bonds is 6. The molecule has 0 aliphatic carbocycles. The molecule has 0 saturated heterocycles. The molecule has 1 heterocycles. The molecule has 5 heteroatoms. The number of carbonyl (C=O) groups is 2. The van der Waals surface area contributed by atoms with Crippen LogP contribution >= 0.6 is 0 Å². The summed E-state index contributed by atoms with van der Waals surface area (Å²) in [6, 6.07) is 14.5. The molecular formula is C23H28N2O3. The maximum atomic E-state index is 13.0. The van der Waals surface area contributed by atoms with Crippen molar-refractivity contribution in [3.63, 3.8) is 0 Å². The third-order valence-electron chi connectivity index (χ3n) is 4.99. The van der Waals surface area contributed by atoms with E-state index < -0.39 is 6.04 Å². The number of nitrogens with one attached hydrogen (secondary N) is 2. The van der Waals surface area contributed by atoms with Crippen molar-refractivity contribution in [3.8, 4) is 5.75 Å². The maximum Gasteiger partial charge on any atom is 0.252 e. The fraction of sp³-hybridized carbons (Fsp3) is 0.391. The normalized spacial score (nSPS) is 16.6. The third kappa shape index (κ3) is 4.71. The summed E-state index contributed by atoms with van der Waals surface area (Å²) in [6.07, 6.45) is 1.29. The first-order chi connectivity index (χ1) is 13.5. The second kappa shape index (κ2) is 8.91. The lowest BCUT2D eigenvalue weighted by Crippen LogP contribution is -2.48. The molecule has 2 amide bonds. The van der Waals surface area contributed by atoms with Crippen molar-refractivity contribution < 1.29 is 14.3 Å². The molecule has 2 N–H and O–H groups in total. The molecule has 0 unspecified atom stereocenters. The van der Waals surface area contributed by atoms with Crippen molar-refractivity contribution >= 4 is 11.8 Å². The monoisotopic (exact) mass is 380 g/mol. The average Bonchev–Trinajstić information content (AvgIpc) is 2.67. The molecular weight excluding hydrogens is 352 g/mol. The lowest BCUT2D eigenvalue weighted by Gasteiger charge is -2.29. The highest BCUT2D eigenvalue weighted by atomic mass is 16.5. The number of amides is 2. The van der Waals surface area contributed by atoms with Gasteiger partial charge >= 0.3 is 0 Å². The molecule has 148 valence electrons. The van der Waals surface area contributed by atoms with Crippen molar-refractivity contribution in [1.29, 1.82) is 0 Å². The van der Waals surface area contributed by atoms with E-state index in [1.54, 1.807) is 6.07 Å². The molecule has 0 fully saturated rings. The number of hydrogen-bond acceptors (Lipinski definition) is 3. The predicted molar refractivity (Wildman–Crippen MR) is 109 cm³/mol. The first kappa shape index (κ1) is 19.9. The van der Waals surface area contributed by atoms with Gasteiger partial charge in [0.05, 0.1) is 12.6 Å². The third-order valence-corrected chi connectivity index (χ3v) is 4.99. The zero-order valence-electron chi connectivity index (χ0n) is 16.7. The van der Waals surface area contributed by atoms with Crippen LogP contribution in [0.1, 0.15) is 54.2 Å². The summed E-state index contributed by atoms with van der Waals surface area (Å²) in [7, 11) is 0. The van der Waals surface area contributed by atoms with Crippen LogP contribution in [0.3, 0.4) is 0 Å². The Morgan fingerprint density at radius 1 is 1.11 bits per heavy atom. The molecule has 0 saturated carbocycles. The maximum absolute atomic E-state index is 13.0. The summed E-state index contributed by atoms with van der Waals surface area (Å²) in [5.41, 5.74) is 2.47. The van der Waals surface area contributed by atoms with Gasteiger partial charge in [-0.25, -0.2) is 0 Å². The van der Waals surface area contributed by atoms with Crippen molar-refractivity contribution in [1.82, 2.24) is 10.6 Å². The van der Waals surface area contributed by atoms with E-state index in [9.17, 15) is 9.59 Å². The summed E-state index contributed by atoms with van der Waals surface area (Å²) in [5.74, 6) is 0.710. The molecule has 0 radical (unpaired) electrons. The van der Waals surface area contributed by atoms with Gasteiger partial charge < -0.3 is 15.4 Å². The van der Waals surface area contributed by atoms with Crippen molar-refractivity contribution in [2.45, 2.75) is 45.7 Å². The van der Waals surface area contributed by atoms with Gasteiger partial charge in [0.15, 0.2) is 0 Å². The molecule has 1 aliphatic heterocycles. The number of aryl methyl sites for hydroxylation is 1. The Morgan fingerprint density at radius 3 is 2.57 bits per heavy atom. The van der Waals surface area contributed by atoms with E-state index in [1.165, 1.54) is 0 Å². The lowest BCUT2D eigenvalue weighted by molar-refractivity contribution is -0.124. The van der Waals surface area contributed by atoms with E-state index in [-0.39, 0.29) is 23.8 Å². The number of para-hydroxylation sites is 1. The van der Waals surface area contributed by atoms with Gasteiger partial charge in [0, 0.05) is 17.5 Å². The summed E-state index contributed by atoms with van der Waals surface area (Å²) in [6.45, 7) is 6.55. The largest absolute Gasteiger partial charge is 0.493 e. The van der Waals surface area contributed by atoms with Gasteiger partial charge in [-0.3, -0.25) is 9.59 Å². The molecule has 2 aromatic carbocycles. The molecule has 5 nitrogen and oxygen atoms in total. The van der Waals surface area contributed by atoms with Crippen LogP contribution in [0.25, 0.3) is 0 Å². The number of benzene rings is 2. The van der Waals surface area contributed by atoms with Crippen LogP contribution in [-0.4, -0.2) is 24.5 Å². The van der Waals surface area contributed by atoms with Gasteiger partial charge in [0.2, 0.25) is 5.91 Å². The van der Waals surface area contributed by atoms with Gasteiger partial charge in [-0.15, -0.1) is 0 Å². The molecule has 3 rings (SSSR count). The molecule has 2 aromatic rings. The second-order valence-corrected chi connectivity index (χ2v) is 7.71. The Morgan fingerprint density at radius 2 is 1.82 bits per heavy atom. The van der Waals surface area contributed by atoms with Crippen LogP contribution in [0.5, 0.6) is 5.75 Å². The van der Waals surface area contributed by atoms with Crippen LogP contribution in [0.15, 0.2) is 48.5 Å². The van der Waals surface area contributed by atoms with Gasteiger partial charge in [-0.05, 0) is 37.0 Å². The molecule has 1 aliphatic rings. The van der Waals surface area contributed by atoms with E-state index in [2.05, 4.69) is 10.6 Å². The molecule has 28 heavy (non-hydrogen) atoms. The van der Waals surface area contributed by atoms with Crippen LogP contribution < -0.4 is 15.4 Å². The van der Waals surface area contributed by atoms with Crippen LogP contribution in [0.4, 0.5) is 0 Å². The zero-order valence-corrected chi connectivity index (χ0v) is 16.7. The Labute approximate surface area is 166 Å². The standard InChI is InChI=1S/C23H28N2O3/c1-15(2)14-20(25-22(26)17-9-5-4-8-16(17)3)23(27)24-19-12-13-28-21-11-7-6-10-18(19)21/h4-11,15,19-20H,12-14H2,1-3H3,(H,24,27)(H,25,26)/t19-,20+/m0/s1. The lowest BCUT2D eigenvalue weighted by atomic mass is 9.98. The minimum absolute atomic E-state index is 0.109. The highest BCUT2D eigenvalue weighted by molar-refractivity contribution is 5.98. The quantitative estimate of drug-likeness (QED) is 0.801. The second-order valence-electron chi connectivity index (χ2n) is 7.71. The first-order valence-corrected chi connectivity index (χ1v) is 9.84. The van der Waals surface area contributed by atoms with Gasteiger partial charge in [0.1, 0.15) is 11.8 Å². The Balaban J connectivity index is 1.74. The van der Waals surface area contributed by atoms with Crippen molar-refractivity contribution in [2.24, 2.45) is 5.92 Å². The van der Waals surface area contributed by atoms with Gasteiger partial charge in [0.25, 0.3) is 5.91 Å².